The Morgan fingerprint density at radius 3 is 2.79 bits per heavy atom. The summed E-state index contributed by atoms with van der Waals surface area (Å²) in [7, 11) is 3.49. The monoisotopic (exact) mass is 325 g/mol. The van der Waals surface area contributed by atoms with Gasteiger partial charge in [0.1, 0.15) is 11.3 Å². The van der Waals surface area contributed by atoms with E-state index in [-0.39, 0.29) is 0 Å². The molecule has 0 atom stereocenters. The van der Waals surface area contributed by atoms with Crippen molar-refractivity contribution in [3.05, 3.63) is 29.7 Å². The van der Waals surface area contributed by atoms with Crippen LogP contribution in [-0.4, -0.2) is 46.4 Å². The summed E-state index contributed by atoms with van der Waals surface area (Å²) < 4.78 is 0. The van der Waals surface area contributed by atoms with Crippen LogP contribution in [0.2, 0.25) is 0 Å². The highest BCUT2D eigenvalue weighted by atomic mass is 16.3. The quantitative estimate of drug-likeness (QED) is 0.449. The molecule has 0 radical (unpaired) electrons. The Morgan fingerprint density at radius 1 is 1.46 bits per heavy atom. The maximum absolute atomic E-state index is 9.74. The second-order valence-corrected chi connectivity index (χ2v) is 5.84. The average Bonchev–Trinajstić information content (AvgIpc) is 2.97. The number of nitrogens with zero attached hydrogens (tertiary/aromatic N) is 3. The van der Waals surface area contributed by atoms with Crippen molar-refractivity contribution < 1.29 is 5.11 Å². The Kier molecular flexibility index (Phi) is 5.37. The molecule has 0 aliphatic carbocycles. The van der Waals surface area contributed by atoms with E-state index >= 15 is 0 Å². The van der Waals surface area contributed by atoms with Crippen molar-refractivity contribution in [3.63, 3.8) is 0 Å². The lowest BCUT2D eigenvalue weighted by molar-refractivity contribution is 0.143. The molecule has 0 saturated carbocycles. The van der Waals surface area contributed by atoms with Crippen LogP contribution in [0.15, 0.2) is 28.4 Å². The van der Waals surface area contributed by atoms with Gasteiger partial charge in [0.15, 0.2) is 0 Å². The van der Waals surface area contributed by atoms with E-state index in [0.717, 1.165) is 28.6 Å². The summed E-state index contributed by atoms with van der Waals surface area (Å²) in [5.74, 6) is 6.28. The summed E-state index contributed by atoms with van der Waals surface area (Å²) in [5, 5.41) is 13.7. The number of aliphatic imine (C=N–C) groups is 2. The van der Waals surface area contributed by atoms with Gasteiger partial charge in [-0.1, -0.05) is 12.8 Å². The van der Waals surface area contributed by atoms with E-state index in [9.17, 15) is 5.11 Å². The molecule has 6 nitrogen and oxygen atoms in total. The maximum atomic E-state index is 9.74. The van der Waals surface area contributed by atoms with Crippen LogP contribution in [0, 0.1) is 11.8 Å². The van der Waals surface area contributed by atoms with Crippen molar-refractivity contribution >= 4 is 22.6 Å². The van der Waals surface area contributed by atoms with Gasteiger partial charge < -0.3 is 15.4 Å². The molecule has 0 unspecified atom stereocenters. The van der Waals surface area contributed by atoms with E-state index in [1.807, 2.05) is 12.3 Å². The molecule has 2 aromatic heterocycles. The molecular weight excluding hydrogens is 302 g/mol. The number of nitrogens with one attached hydrogen (secondary N) is 2. The van der Waals surface area contributed by atoms with Crippen molar-refractivity contribution in [2.45, 2.75) is 32.8 Å². The van der Waals surface area contributed by atoms with E-state index in [0.29, 0.717) is 11.7 Å². The van der Waals surface area contributed by atoms with E-state index in [1.165, 1.54) is 0 Å². The van der Waals surface area contributed by atoms with Crippen molar-refractivity contribution in [3.8, 4) is 11.8 Å². The average molecular weight is 325 g/mol. The molecule has 0 saturated heterocycles. The van der Waals surface area contributed by atoms with Crippen molar-refractivity contribution in [2.75, 3.05) is 14.1 Å². The highest BCUT2D eigenvalue weighted by Gasteiger charge is 2.11. The minimum absolute atomic E-state index is 0.581. The normalized spacial score (nSPS) is 12.9. The number of aromatic nitrogens is 2. The molecule has 0 aliphatic heterocycles. The molecule has 0 fully saturated rings. The molecule has 3 N–H and O–H groups in total. The highest BCUT2D eigenvalue weighted by Crippen LogP contribution is 2.20. The number of hydrogen-bond acceptors (Lipinski definition) is 3. The number of pyridine rings is 1. The van der Waals surface area contributed by atoms with Gasteiger partial charge in [0.25, 0.3) is 0 Å². The molecule has 6 heteroatoms. The topological polar surface area (TPSA) is 85.7 Å². The Hall–Kier alpha value is -2.65. The van der Waals surface area contributed by atoms with Gasteiger partial charge in [0.2, 0.25) is 5.96 Å². The van der Waals surface area contributed by atoms with E-state index in [4.69, 9.17) is 0 Å². The summed E-state index contributed by atoms with van der Waals surface area (Å²) >= 11 is 0. The van der Waals surface area contributed by atoms with Crippen molar-refractivity contribution in [2.24, 2.45) is 9.98 Å². The van der Waals surface area contributed by atoms with Crippen LogP contribution in [0.3, 0.4) is 0 Å². The zero-order valence-electron chi connectivity index (χ0n) is 14.7. The fourth-order valence-electron chi connectivity index (χ4n) is 2.22. The predicted molar refractivity (Wildman–Crippen MR) is 98.5 cm³/mol. The van der Waals surface area contributed by atoms with Gasteiger partial charge in [-0.25, -0.2) is 9.98 Å². The number of H-pyrrole nitrogens is 1. The summed E-state index contributed by atoms with van der Waals surface area (Å²) in [6.07, 6.45) is 4.43. The largest absolute Gasteiger partial charge is 0.378 e. The van der Waals surface area contributed by atoms with Crippen molar-refractivity contribution in [1.29, 1.82) is 0 Å². The van der Waals surface area contributed by atoms with E-state index in [1.54, 1.807) is 34.1 Å². The molecule has 0 spiro atoms. The molecule has 2 heterocycles. The molecule has 0 bridgehead atoms. The minimum Gasteiger partial charge on any atom is -0.378 e. The molecule has 126 valence electrons. The lowest BCUT2D eigenvalue weighted by atomic mass is 10.1. The Labute approximate surface area is 142 Å². The summed E-state index contributed by atoms with van der Waals surface area (Å²) in [6.45, 7) is 5.34. The Morgan fingerprint density at radius 2 is 2.21 bits per heavy atom. The number of hydrogen-bond donors (Lipinski definition) is 3. The van der Waals surface area contributed by atoms with Crippen molar-refractivity contribution in [1.82, 2.24) is 15.3 Å². The van der Waals surface area contributed by atoms with Gasteiger partial charge in [-0.2, -0.15) is 0 Å². The summed E-state index contributed by atoms with van der Waals surface area (Å²) in [5.41, 5.74) is 2.40. The first-order chi connectivity index (χ1) is 11.4. The predicted octanol–water partition coefficient (Wildman–Crippen LogP) is 2.09. The second kappa shape index (κ2) is 7.28. The number of aromatic amines is 1. The van der Waals surface area contributed by atoms with Crippen LogP contribution in [0.4, 0.5) is 0 Å². The minimum atomic E-state index is -1.05. The van der Waals surface area contributed by atoms with Gasteiger partial charge in [0, 0.05) is 31.2 Å². The molecule has 0 aliphatic rings. The first-order valence-electron chi connectivity index (χ1n) is 7.83. The first-order valence-corrected chi connectivity index (χ1v) is 7.83. The lowest BCUT2D eigenvalue weighted by Crippen LogP contribution is -2.18. The third kappa shape index (κ3) is 4.21. The third-order valence-corrected chi connectivity index (χ3v) is 3.38. The maximum Gasteiger partial charge on any atom is 0.217 e. The number of rotatable bonds is 2. The van der Waals surface area contributed by atoms with Crippen LogP contribution in [-0.2, 0) is 0 Å². The highest BCUT2D eigenvalue weighted by molar-refractivity contribution is 6.14. The fourth-order valence-corrected chi connectivity index (χ4v) is 2.22. The van der Waals surface area contributed by atoms with Crippen LogP contribution >= 0.6 is 0 Å². The van der Waals surface area contributed by atoms with E-state index < -0.39 is 5.60 Å². The zero-order chi connectivity index (χ0) is 17.7. The summed E-state index contributed by atoms with van der Waals surface area (Å²) in [4.78, 5) is 16.2. The van der Waals surface area contributed by atoms with Crippen LogP contribution < -0.4 is 5.32 Å². The Balaban J connectivity index is 2.53. The number of fused-ring (bicyclic) bond motifs is 1. The lowest BCUT2D eigenvalue weighted by Gasteiger charge is -2.06. The van der Waals surface area contributed by atoms with Gasteiger partial charge >= 0.3 is 0 Å². The first kappa shape index (κ1) is 17.7. The summed E-state index contributed by atoms with van der Waals surface area (Å²) in [6, 6.07) is 1.91. The Bertz CT molecular complexity index is 844. The fraction of sp³-hybridized carbons (Fsp3) is 0.389. The molecule has 2 aromatic rings. The molecule has 2 rings (SSSR count). The number of aliphatic hydroxyl groups is 1. The van der Waals surface area contributed by atoms with Gasteiger partial charge in [0.05, 0.1) is 17.4 Å². The second-order valence-electron chi connectivity index (χ2n) is 5.84. The van der Waals surface area contributed by atoms with Gasteiger partial charge in [-0.05, 0) is 32.3 Å². The van der Waals surface area contributed by atoms with E-state index in [2.05, 4.69) is 44.0 Å². The number of guanidine groups is 1. The SMILES string of the molecule is CC/C(=N\C(=NC)NC)c1c[nH]c2cnc(C#CC(C)(C)O)cc12. The smallest absolute Gasteiger partial charge is 0.217 e. The van der Waals surface area contributed by atoms with Crippen LogP contribution in [0.25, 0.3) is 10.9 Å². The van der Waals surface area contributed by atoms with Gasteiger partial charge in [-0.15, -0.1) is 0 Å². The van der Waals surface area contributed by atoms with Crippen LogP contribution in [0.5, 0.6) is 0 Å². The standard InChI is InChI=1S/C18H23N5O/c1-6-15(23-17(19-4)20-5)14-10-22-16-11-21-12(9-13(14)16)7-8-18(2,3)24/h9-11,22,24H,6H2,1-5H3,(H,19,20)/b23-15+. The van der Waals surface area contributed by atoms with Gasteiger partial charge in [-0.3, -0.25) is 4.99 Å². The molecule has 0 amide bonds. The molecule has 24 heavy (non-hydrogen) atoms. The van der Waals surface area contributed by atoms with Crippen LogP contribution in [0.1, 0.15) is 38.4 Å². The molecular formula is C18H23N5O. The zero-order valence-corrected chi connectivity index (χ0v) is 14.7. The molecule has 0 aromatic carbocycles. The third-order valence-electron chi connectivity index (χ3n) is 3.38.